The number of piperidine rings is 1. The monoisotopic (exact) mass is 308 g/mol. The third kappa shape index (κ3) is 4.20. The first-order chi connectivity index (χ1) is 11.3. The highest BCUT2D eigenvalue weighted by molar-refractivity contribution is 5.86. The molecular weight excluding hydrogens is 284 g/mol. The molecule has 1 aliphatic heterocycles. The molecule has 2 aromatic rings. The Bertz CT molecular complexity index is 596. The average molecular weight is 308 g/mol. The lowest BCUT2D eigenvalue weighted by Gasteiger charge is -2.39. The van der Waals surface area contributed by atoms with Crippen molar-refractivity contribution in [3.05, 3.63) is 71.8 Å². The van der Waals surface area contributed by atoms with Crippen LogP contribution in [0.4, 0.5) is 0 Å². The molecule has 0 aromatic heterocycles. The molecule has 0 atom stereocenters. The van der Waals surface area contributed by atoms with E-state index in [-0.39, 0.29) is 5.54 Å². The number of hydrogen-bond acceptors (Lipinski definition) is 3. The standard InChI is InChI=1S/C20H24N2O/c1-23-22-19-12-13-21-20(16-19,14-17-8-4-2-5-9-17)15-18-10-6-3-7-11-18/h2-11,21H,12-16H2,1H3. The summed E-state index contributed by atoms with van der Waals surface area (Å²) in [5, 5.41) is 8.02. The number of nitrogens with one attached hydrogen (secondary N) is 1. The lowest BCUT2D eigenvalue weighted by atomic mass is 9.78. The molecule has 1 aliphatic rings. The van der Waals surface area contributed by atoms with Gasteiger partial charge in [-0.15, -0.1) is 0 Å². The van der Waals surface area contributed by atoms with E-state index < -0.39 is 0 Å². The fourth-order valence-corrected chi connectivity index (χ4v) is 3.51. The summed E-state index contributed by atoms with van der Waals surface area (Å²) < 4.78 is 0. The SMILES string of the molecule is CON=C1CCNC(Cc2ccccc2)(Cc2ccccc2)C1. The van der Waals surface area contributed by atoms with Crippen LogP contribution in [0.1, 0.15) is 24.0 Å². The molecule has 0 aliphatic carbocycles. The third-order valence-corrected chi connectivity index (χ3v) is 4.45. The molecule has 0 spiro atoms. The molecule has 1 N–H and O–H groups in total. The van der Waals surface area contributed by atoms with E-state index in [4.69, 9.17) is 4.84 Å². The molecule has 120 valence electrons. The zero-order valence-corrected chi connectivity index (χ0v) is 13.7. The first-order valence-electron chi connectivity index (χ1n) is 8.21. The van der Waals surface area contributed by atoms with Gasteiger partial charge in [0.1, 0.15) is 7.11 Å². The maximum absolute atomic E-state index is 5.04. The molecule has 1 fully saturated rings. The predicted molar refractivity (Wildman–Crippen MR) is 94.7 cm³/mol. The van der Waals surface area contributed by atoms with Gasteiger partial charge in [0.15, 0.2) is 0 Å². The molecule has 0 unspecified atom stereocenters. The molecule has 3 rings (SSSR count). The summed E-state index contributed by atoms with van der Waals surface area (Å²) in [4.78, 5) is 5.04. The van der Waals surface area contributed by atoms with Gasteiger partial charge in [0, 0.05) is 24.9 Å². The van der Waals surface area contributed by atoms with Crippen molar-refractivity contribution < 1.29 is 4.84 Å². The largest absolute Gasteiger partial charge is 0.399 e. The number of benzene rings is 2. The maximum atomic E-state index is 5.04. The van der Waals surface area contributed by atoms with Crippen molar-refractivity contribution in [2.75, 3.05) is 13.7 Å². The zero-order valence-electron chi connectivity index (χ0n) is 13.7. The molecule has 1 heterocycles. The van der Waals surface area contributed by atoms with Crippen molar-refractivity contribution in [2.24, 2.45) is 5.16 Å². The van der Waals surface area contributed by atoms with Gasteiger partial charge in [0.25, 0.3) is 0 Å². The zero-order chi connectivity index (χ0) is 16.0. The molecule has 1 saturated heterocycles. The quantitative estimate of drug-likeness (QED) is 0.856. The Balaban J connectivity index is 1.87. The summed E-state index contributed by atoms with van der Waals surface area (Å²) >= 11 is 0. The van der Waals surface area contributed by atoms with E-state index in [1.807, 2.05) is 0 Å². The van der Waals surface area contributed by atoms with Crippen LogP contribution in [-0.4, -0.2) is 24.9 Å². The second-order valence-electron chi connectivity index (χ2n) is 6.30. The van der Waals surface area contributed by atoms with Gasteiger partial charge in [-0.05, 0) is 24.0 Å². The topological polar surface area (TPSA) is 33.6 Å². The van der Waals surface area contributed by atoms with Crippen molar-refractivity contribution in [3.8, 4) is 0 Å². The van der Waals surface area contributed by atoms with Gasteiger partial charge in [0.05, 0.1) is 5.71 Å². The van der Waals surface area contributed by atoms with Gasteiger partial charge >= 0.3 is 0 Å². The minimum Gasteiger partial charge on any atom is -0.399 e. The molecule has 2 aromatic carbocycles. The van der Waals surface area contributed by atoms with Crippen molar-refractivity contribution in [2.45, 2.75) is 31.2 Å². The van der Waals surface area contributed by atoms with Gasteiger partial charge < -0.3 is 10.2 Å². The van der Waals surface area contributed by atoms with Gasteiger partial charge in [-0.1, -0.05) is 65.8 Å². The highest BCUT2D eigenvalue weighted by Gasteiger charge is 2.35. The molecule has 0 radical (unpaired) electrons. The van der Waals surface area contributed by atoms with E-state index in [2.05, 4.69) is 71.1 Å². The van der Waals surface area contributed by atoms with Crippen LogP contribution in [0.25, 0.3) is 0 Å². The lowest BCUT2D eigenvalue weighted by Crippen LogP contribution is -2.54. The van der Waals surface area contributed by atoms with Crippen LogP contribution in [0.5, 0.6) is 0 Å². The van der Waals surface area contributed by atoms with E-state index in [1.165, 1.54) is 11.1 Å². The van der Waals surface area contributed by atoms with Crippen molar-refractivity contribution in [1.29, 1.82) is 0 Å². The second kappa shape index (κ2) is 7.42. The Morgan fingerprint density at radius 2 is 1.52 bits per heavy atom. The smallest absolute Gasteiger partial charge is 0.106 e. The average Bonchev–Trinajstić information content (AvgIpc) is 2.57. The van der Waals surface area contributed by atoms with Gasteiger partial charge in [-0.25, -0.2) is 0 Å². The van der Waals surface area contributed by atoms with E-state index in [1.54, 1.807) is 7.11 Å². The second-order valence-corrected chi connectivity index (χ2v) is 6.30. The Hall–Kier alpha value is -2.13. The maximum Gasteiger partial charge on any atom is 0.106 e. The minimum atomic E-state index is -0.00167. The van der Waals surface area contributed by atoms with Crippen molar-refractivity contribution in [3.63, 3.8) is 0 Å². The van der Waals surface area contributed by atoms with E-state index >= 15 is 0 Å². The number of nitrogens with zero attached hydrogens (tertiary/aromatic N) is 1. The highest BCUT2D eigenvalue weighted by Crippen LogP contribution is 2.27. The molecule has 3 nitrogen and oxygen atoms in total. The van der Waals surface area contributed by atoms with Gasteiger partial charge in [-0.2, -0.15) is 0 Å². The summed E-state index contributed by atoms with van der Waals surface area (Å²) in [6, 6.07) is 21.4. The number of hydrogen-bond donors (Lipinski definition) is 1. The first-order valence-corrected chi connectivity index (χ1v) is 8.21. The van der Waals surface area contributed by atoms with Crippen LogP contribution in [0.3, 0.4) is 0 Å². The highest BCUT2D eigenvalue weighted by atomic mass is 16.6. The molecule has 0 amide bonds. The predicted octanol–water partition coefficient (Wildman–Crippen LogP) is 3.60. The van der Waals surface area contributed by atoms with Crippen LogP contribution < -0.4 is 5.32 Å². The minimum absolute atomic E-state index is 0.00167. The van der Waals surface area contributed by atoms with Crippen LogP contribution in [0, 0.1) is 0 Å². The summed E-state index contributed by atoms with van der Waals surface area (Å²) in [5.74, 6) is 0. The van der Waals surface area contributed by atoms with Crippen LogP contribution in [0.2, 0.25) is 0 Å². The number of oxime groups is 1. The van der Waals surface area contributed by atoms with E-state index in [0.29, 0.717) is 0 Å². The van der Waals surface area contributed by atoms with Crippen LogP contribution in [0.15, 0.2) is 65.8 Å². The lowest BCUT2D eigenvalue weighted by molar-refractivity contribution is 0.206. The Morgan fingerprint density at radius 1 is 0.957 bits per heavy atom. The third-order valence-electron chi connectivity index (χ3n) is 4.45. The fourth-order valence-electron chi connectivity index (χ4n) is 3.51. The van der Waals surface area contributed by atoms with E-state index in [9.17, 15) is 0 Å². The summed E-state index contributed by atoms with van der Waals surface area (Å²) in [6.07, 6.45) is 3.86. The summed E-state index contributed by atoms with van der Waals surface area (Å²) in [7, 11) is 1.63. The molecular formula is C20H24N2O. The van der Waals surface area contributed by atoms with Gasteiger partial charge in [-0.3, -0.25) is 0 Å². The fraction of sp³-hybridized carbons (Fsp3) is 0.350. The Kier molecular flexibility index (Phi) is 5.09. The Morgan fingerprint density at radius 3 is 2.04 bits per heavy atom. The molecule has 23 heavy (non-hydrogen) atoms. The first kappa shape index (κ1) is 15.8. The molecule has 3 heteroatoms. The van der Waals surface area contributed by atoms with Crippen LogP contribution in [-0.2, 0) is 17.7 Å². The van der Waals surface area contributed by atoms with E-state index in [0.717, 1.165) is 37.9 Å². The van der Waals surface area contributed by atoms with Crippen molar-refractivity contribution >= 4 is 5.71 Å². The molecule has 0 bridgehead atoms. The summed E-state index contributed by atoms with van der Waals surface area (Å²) in [6.45, 7) is 0.946. The Labute approximate surface area is 138 Å². The van der Waals surface area contributed by atoms with Gasteiger partial charge in [0.2, 0.25) is 0 Å². The van der Waals surface area contributed by atoms with Crippen LogP contribution >= 0.6 is 0 Å². The summed E-state index contributed by atoms with van der Waals surface area (Å²) in [5.41, 5.74) is 3.86. The van der Waals surface area contributed by atoms with Crippen molar-refractivity contribution in [1.82, 2.24) is 5.32 Å². The number of rotatable bonds is 5. The molecule has 0 saturated carbocycles. The normalized spacial score (nSPS) is 18.7.